The maximum atomic E-state index is 10.0. The Morgan fingerprint density at radius 1 is 1.18 bits per heavy atom. The van der Waals surface area contributed by atoms with E-state index in [2.05, 4.69) is 26.7 Å². The second-order valence-corrected chi connectivity index (χ2v) is 8.75. The van der Waals surface area contributed by atoms with Crippen molar-refractivity contribution in [1.82, 2.24) is 19.1 Å². The highest BCUT2D eigenvalue weighted by molar-refractivity contribution is 7.14. The summed E-state index contributed by atoms with van der Waals surface area (Å²) >= 11 is 1.57. The van der Waals surface area contributed by atoms with Gasteiger partial charge in [0.1, 0.15) is 23.9 Å². The highest BCUT2D eigenvalue weighted by Crippen LogP contribution is 2.32. The zero-order chi connectivity index (χ0) is 23.7. The molecule has 4 heterocycles. The summed E-state index contributed by atoms with van der Waals surface area (Å²) in [7, 11) is 3.14. The van der Waals surface area contributed by atoms with Crippen molar-refractivity contribution in [3.05, 3.63) is 57.6 Å². The number of fused-ring (bicyclic) bond motifs is 1. The Hall–Kier alpha value is -3.92. The normalized spacial score (nSPS) is 11.5. The number of hydrogen-bond donors (Lipinski definition) is 0. The Balaban J connectivity index is 1.87. The van der Waals surface area contributed by atoms with Crippen molar-refractivity contribution in [3.8, 4) is 23.0 Å². The number of ether oxygens (including phenoxy) is 2. The van der Waals surface area contributed by atoms with E-state index in [-0.39, 0.29) is 6.73 Å². The molecule has 33 heavy (non-hydrogen) atoms. The minimum atomic E-state index is 0.220. The largest absolute Gasteiger partial charge is 0.481 e. The summed E-state index contributed by atoms with van der Waals surface area (Å²) in [6.45, 7) is 6.18. The first-order chi connectivity index (χ1) is 15.9. The molecule has 0 spiro atoms. The van der Waals surface area contributed by atoms with Gasteiger partial charge in [-0.15, -0.1) is 11.3 Å². The van der Waals surface area contributed by atoms with Gasteiger partial charge in [-0.05, 0) is 44.5 Å². The molecule has 0 aromatic carbocycles. The number of nitriles is 2. The number of methoxy groups -OCH3 is 2. The number of imidazole rings is 1. The highest BCUT2D eigenvalue weighted by atomic mass is 32.1. The second-order valence-electron chi connectivity index (χ2n) is 7.52. The lowest BCUT2D eigenvalue weighted by atomic mass is 10.1. The maximum Gasteiger partial charge on any atom is 0.215 e. The molecular weight excluding hydrogens is 436 g/mol. The minimum absolute atomic E-state index is 0.220. The molecule has 0 radical (unpaired) electrons. The van der Waals surface area contributed by atoms with E-state index in [9.17, 15) is 10.5 Å². The molecule has 4 aromatic rings. The lowest BCUT2D eigenvalue weighted by Crippen LogP contribution is -2.05. The number of rotatable bonds is 6. The minimum Gasteiger partial charge on any atom is -0.481 e. The van der Waals surface area contributed by atoms with Crippen molar-refractivity contribution < 1.29 is 9.47 Å². The zero-order valence-electron chi connectivity index (χ0n) is 19.0. The van der Waals surface area contributed by atoms with Crippen molar-refractivity contribution in [3.63, 3.8) is 0 Å². The van der Waals surface area contributed by atoms with E-state index in [1.807, 2.05) is 43.5 Å². The van der Waals surface area contributed by atoms with E-state index in [4.69, 9.17) is 9.47 Å². The molecule has 9 heteroatoms. The number of allylic oxidation sites excluding steroid dienone is 1. The van der Waals surface area contributed by atoms with Crippen molar-refractivity contribution in [1.29, 1.82) is 10.5 Å². The smallest absolute Gasteiger partial charge is 0.215 e. The van der Waals surface area contributed by atoms with Crippen molar-refractivity contribution >= 4 is 34.0 Å². The van der Waals surface area contributed by atoms with Gasteiger partial charge in [0.2, 0.25) is 5.88 Å². The molecule has 0 aliphatic carbocycles. The van der Waals surface area contributed by atoms with E-state index in [1.165, 1.54) is 0 Å². The van der Waals surface area contributed by atoms with Crippen LogP contribution in [0.25, 0.3) is 27.7 Å². The molecule has 0 saturated heterocycles. The van der Waals surface area contributed by atoms with Crippen LogP contribution in [0.2, 0.25) is 0 Å². The number of pyridine rings is 1. The molecule has 0 aliphatic rings. The first kappa shape index (κ1) is 22.3. The Kier molecular flexibility index (Phi) is 6.01. The molecule has 0 aliphatic heterocycles. The van der Waals surface area contributed by atoms with E-state index in [0.29, 0.717) is 28.4 Å². The Morgan fingerprint density at radius 3 is 2.64 bits per heavy atom. The predicted octanol–water partition coefficient (Wildman–Crippen LogP) is 4.76. The standard InChI is InChI=1S/C24H22N6O2S/c1-14-6-17(16(3)30(14)24-19(11-26)7-15(2)33-24)8-18(10-25)23-28-20-9-22(32-5)27-12-21(20)29(23)13-31-4/h6-9,12H,13H2,1-5H3/b18-8+. The maximum absolute atomic E-state index is 10.0. The van der Waals surface area contributed by atoms with Crippen LogP contribution in [-0.4, -0.2) is 33.3 Å². The van der Waals surface area contributed by atoms with Crippen molar-refractivity contribution in [2.45, 2.75) is 27.5 Å². The molecule has 166 valence electrons. The molecule has 0 fully saturated rings. The van der Waals surface area contributed by atoms with Crippen LogP contribution in [-0.2, 0) is 11.5 Å². The van der Waals surface area contributed by atoms with Gasteiger partial charge in [-0.2, -0.15) is 10.5 Å². The predicted molar refractivity (Wildman–Crippen MR) is 127 cm³/mol. The molecule has 0 bridgehead atoms. The summed E-state index contributed by atoms with van der Waals surface area (Å²) in [4.78, 5) is 10.0. The number of aryl methyl sites for hydroxylation is 2. The SMILES string of the molecule is COCn1c(/C(C#N)=C/c2cc(C)n(-c3sc(C)cc3C#N)c2C)nc2cc(OC)ncc21. The molecule has 4 aromatic heterocycles. The van der Waals surface area contributed by atoms with Crippen molar-refractivity contribution in [2.24, 2.45) is 0 Å². The van der Waals surface area contributed by atoms with Gasteiger partial charge < -0.3 is 14.0 Å². The zero-order valence-corrected chi connectivity index (χ0v) is 19.8. The van der Waals surface area contributed by atoms with Gasteiger partial charge >= 0.3 is 0 Å². The quantitative estimate of drug-likeness (QED) is 0.386. The van der Waals surface area contributed by atoms with E-state index in [1.54, 1.807) is 37.8 Å². The summed E-state index contributed by atoms with van der Waals surface area (Å²) in [5, 5.41) is 20.5. The molecule has 8 nitrogen and oxygen atoms in total. The number of thiophene rings is 1. The van der Waals surface area contributed by atoms with Crippen LogP contribution in [0, 0.1) is 43.4 Å². The van der Waals surface area contributed by atoms with E-state index in [0.717, 1.165) is 32.3 Å². The van der Waals surface area contributed by atoms with E-state index < -0.39 is 0 Å². The lowest BCUT2D eigenvalue weighted by molar-refractivity contribution is 0.133. The number of aromatic nitrogens is 4. The molecule has 0 unspecified atom stereocenters. The van der Waals surface area contributed by atoms with Gasteiger partial charge in [-0.3, -0.25) is 4.57 Å². The second kappa shape index (κ2) is 8.91. The third kappa shape index (κ3) is 3.89. The topological polar surface area (TPSA) is 102 Å². The fraction of sp³-hybridized carbons (Fsp3) is 0.250. The fourth-order valence-corrected chi connectivity index (χ4v) is 4.95. The average molecular weight is 459 g/mol. The average Bonchev–Trinajstić information content (AvgIpc) is 3.44. The van der Waals surface area contributed by atoms with Crippen molar-refractivity contribution in [2.75, 3.05) is 14.2 Å². The molecule has 4 rings (SSSR count). The Bertz CT molecular complexity index is 1480. The monoisotopic (exact) mass is 458 g/mol. The van der Waals surface area contributed by atoms with Gasteiger partial charge in [0, 0.05) is 29.4 Å². The summed E-state index contributed by atoms with van der Waals surface area (Å²) in [6, 6.07) is 10.2. The third-order valence-corrected chi connectivity index (χ3v) is 6.40. The Morgan fingerprint density at radius 2 is 1.97 bits per heavy atom. The van der Waals surface area contributed by atoms with Crippen LogP contribution < -0.4 is 4.74 Å². The number of hydrogen-bond acceptors (Lipinski definition) is 7. The fourth-order valence-electron chi connectivity index (χ4n) is 3.88. The van der Waals surface area contributed by atoms with E-state index >= 15 is 0 Å². The van der Waals surface area contributed by atoms with Crippen LogP contribution >= 0.6 is 11.3 Å². The summed E-state index contributed by atoms with van der Waals surface area (Å²) in [6.07, 6.45) is 3.48. The number of nitrogens with zero attached hydrogens (tertiary/aromatic N) is 6. The summed E-state index contributed by atoms with van der Waals surface area (Å²) < 4.78 is 14.4. The summed E-state index contributed by atoms with van der Waals surface area (Å²) in [5.74, 6) is 0.931. The molecule has 0 N–H and O–H groups in total. The van der Waals surface area contributed by atoms with Gasteiger partial charge in [0.15, 0.2) is 5.82 Å². The van der Waals surface area contributed by atoms with Crippen LogP contribution in [0.3, 0.4) is 0 Å². The van der Waals surface area contributed by atoms with Crippen LogP contribution in [0.4, 0.5) is 0 Å². The third-order valence-electron chi connectivity index (χ3n) is 5.37. The van der Waals surface area contributed by atoms with Gasteiger partial charge in [-0.25, -0.2) is 9.97 Å². The van der Waals surface area contributed by atoms with Gasteiger partial charge in [0.05, 0.1) is 35.5 Å². The Labute approximate surface area is 195 Å². The molecule has 0 saturated carbocycles. The van der Waals surface area contributed by atoms with Gasteiger partial charge in [-0.1, -0.05) is 0 Å². The van der Waals surface area contributed by atoms with Gasteiger partial charge in [0.25, 0.3) is 0 Å². The van der Waals surface area contributed by atoms with Crippen LogP contribution in [0.15, 0.2) is 24.4 Å². The molecule has 0 atom stereocenters. The van der Waals surface area contributed by atoms with Crippen LogP contribution in [0.5, 0.6) is 5.88 Å². The van der Waals surface area contributed by atoms with Crippen LogP contribution in [0.1, 0.15) is 33.2 Å². The highest BCUT2D eigenvalue weighted by Gasteiger charge is 2.19. The first-order valence-electron chi connectivity index (χ1n) is 10.1. The molecule has 0 amide bonds. The molecular formula is C24H22N6O2S. The first-order valence-corrected chi connectivity index (χ1v) is 10.9. The summed E-state index contributed by atoms with van der Waals surface area (Å²) in [5.41, 5.74) is 5.24. The lowest BCUT2D eigenvalue weighted by Gasteiger charge is -2.08.